The van der Waals surface area contributed by atoms with Crippen molar-refractivity contribution in [2.75, 3.05) is 13.2 Å². The van der Waals surface area contributed by atoms with E-state index >= 15 is 0 Å². The van der Waals surface area contributed by atoms with Crippen LogP contribution >= 0.6 is 0 Å². The Balaban J connectivity index is 2.38. The first-order chi connectivity index (χ1) is 4.24. The molecule has 1 rings (SSSR count). The molecule has 0 bridgehead atoms. The summed E-state index contributed by atoms with van der Waals surface area (Å²) < 4.78 is 0. The molecule has 0 aromatic carbocycles. The summed E-state index contributed by atoms with van der Waals surface area (Å²) in [4.78, 5) is 1.98. The maximum atomic E-state index is 9.05. The van der Waals surface area contributed by atoms with Crippen LogP contribution in [0.25, 0.3) is 0 Å². The van der Waals surface area contributed by atoms with Crippen LogP contribution in [0.3, 0.4) is 0 Å². The molecule has 4 heteroatoms. The van der Waals surface area contributed by atoms with Gasteiger partial charge in [0, 0.05) is 12.6 Å². The van der Waals surface area contributed by atoms with Gasteiger partial charge in [-0.15, -0.1) is 0 Å². The molecule has 0 amide bonds. The average Bonchev–Trinajstić information content (AvgIpc) is 2.10. The van der Waals surface area contributed by atoms with E-state index in [1.54, 1.807) is 0 Å². The molecule has 0 aromatic heterocycles. The van der Waals surface area contributed by atoms with Gasteiger partial charge in [-0.05, 0) is 6.42 Å². The van der Waals surface area contributed by atoms with Crippen LogP contribution in [-0.4, -0.2) is 48.3 Å². The minimum Gasteiger partial charge on any atom is -0.395 e. The zero-order valence-corrected chi connectivity index (χ0v) is 5.62. The van der Waals surface area contributed by atoms with Gasteiger partial charge in [0.1, 0.15) is 0 Å². The maximum Gasteiger partial charge on any atom is 0.186 e. The summed E-state index contributed by atoms with van der Waals surface area (Å²) in [5.74, 6) is 0. The number of aliphatic hydroxyl groups excluding tert-OH is 2. The zero-order valence-electron chi connectivity index (χ0n) is 5.62. The third-order valence-electron chi connectivity index (χ3n) is 1.88. The van der Waals surface area contributed by atoms with E-state index in [4.69, 9.17) is 10.2 Å². The molecule has 0 aromatic rings. The van der Waals surface area contributed by atoms with Crippen LogP contribution in [0.2, 0.25) is 0 Å². The molecule has 0 saturated carbocycles. The quantitative estimate of drug-likeness (QED) is 0.401. The second-order valence-corrected chi connectivity index (χ2v) is 2.67. The van der Waals surface area contributed by atoms with Crippen LogP contribution in [0, 0.1) is 0 Å². The lowest BCUT2D eigenvalue weighted by molar-refractivity contribution is 0.184. The maximum absolute atomic E-state index is 9.05. The fourth-order valence-corrected chi connectivity index (χ4v) is 1.26. The van der Waals surface area contributed by atoms with E-state index in [1.165, 1.54) is 0 Å². The van der Waals surface area contributed by atoms with E-state index in [0.717, 1.165) is 0 Å². The largest absolute Gasteiger partial charge is 0.395 e. The van der Waals surface area contributed by atoms with E-state index < -0.39 is 0 Å². The fraction of sp³-hybridized carbons (Fsp3) is 1.00. The van der Waals surface area contributed by atoms with E-state index in [2.05, 4.69) is 0 Å². The first-order valence-electron chi connectivity index (χ1n) is 3.23. The number of aliphatic hydroxyl groups is 2. The second-order valence-electron chi connectivity index (χ2n) is 2.67. The molecular weight excluding hydrogens is 117 g/mol. The monoisotopic (exact) mass is 129 g/mol. The van der Waals surface area contributed by atoms with Crippen molar-refractivity contribution in [3.8, 4) is 0 Å². The second kappa shape index (κ2) is 2.69. The standard InChI is InChI=1S/C5H12BNO2/c6-7-2-5(9)1-4(7)3-8/h4-5,8-9H,1-3,6H2. The van der Waals surface area contributed by atoms with Crippen molar-refractivity contribution in [3.63, 3.8) is 0 Å². The highest BCUT2D eigenvalue weighted by atomic mass is 16.3. The molecule has 1 aliphatic rings. The first kappa shape index (κ1) is 7.06. The van der Waals surface area contributed by atoms with Gasteiger partial charge < -0.3 is 15.0 Å². The smallest absolute Gasteiger partial charge is 0.186 e. The van der Waals surface area contributed by atoms with Gasteiger partial charge in [0.15, 0.2) is 7.98 Å². The summed E-state index contributed by atoms with van der Waals surface area (Å²) in [6.07, 6.45) is 0.486. The SMILES string of the molecule is BN1CC(O)CC1CO. The van der Waals surface area contributed by atoms with Crippen molar-refractivity contribution >= 4 is 7.98 Å². The molecule has 52 valence electrons. The Hall–Kier alpha value is -0.0551. The summed E-state index contributed by atoms with van der Waals surface area (Å²) in [5.41, 5.74) is 0. The zero-order chi connectivity index (χ0) is 6.85. The van der Waals surface area contributed by atoms with E-state index in [9.17, 15) is 0 Å². The molecule has 1 saturated heterocycles. The molecular formula is C5H12BNO2. The minimum absolute atomic E-state index is 0.160. The van der Waals surface area contributed by atoms with E-state index in [0.29, 0.717) is 13.0 Å². The number of rotatable bonds is 1. The lowest BCUT2D eigenvalue weighted by Gasteiger charge is -2.15. The Kier molecular flexibility index (Phi) is 2.11. The van der Waals surface area contributed by atoms with Crippen LogP contribution in [0.5, 0.6) is 0 Å². The summed E-state index contributed by atoms with van der Waals surface area (Å²) in [6, 6.07) is 0.181. The number of hydrogen-bond donors (Lipinski definition) is 2. The topological polar surface area (TPSA) is 43.7 Å². The Bertz CT molecular complexity index is 101. The molecule has 1 aliphatic heterocycles. The highest BCUT2D eigenvalue weighted by Gasteiger charge is 2.26. The van der Waals surface area contributed by atoms with Crippen molar-refractivity contribution in [2.45, 2.75) is 18.6 Å². The van der Waals surface area contributed by atoms with Crippen molar-refractivity contribution in [1.82, 2.24) is 4.81 Å². The predicted molar refractivity (Wildman–Crippen MR) is 36.7 cm³/mol. The Morgan fingerprint density at radius 3 is 2.56 bits per heavy atom. The van der Waals surface area contributed by atoms with Gasteiger partial charge in [-0.1, -0.05) is 0 Å². The number of hydrogen-bond acceptors (Lipinski definition) is 3. The lowest BCUT2D eigenvalue weighted by atomic mass is 10.2. The van der Waals surface area contributed by atoms with Gasteiger partial charge >= 0.3 is 0 Å². The van der Waals surface area contributed by atoms with E-state index in [1.807, 2.05) is 12.8 Å². The van der Waals surface area contributed by atoms with Crippen molar-refractivity contribution < 1.29 is 10.2 Å². The van der Waals surface area contributed by atoms with Crippen LogP contribution in [0.4, 0.5) is 0 Å². The van der Waals surface area contributed by atoms with Gasteiger partial charge in [0.25, 0.3) is 0 Å². The lowest BCUT2D eigenvalue weighted by Crippen LogP contribution is -2.29. The number of β-amino-alcohol motifs (C(OH)–C–C–N with tert-alkyl or cyclic N) is 1. The molecule has 1 heterocycles. The molecule has 2 N–H and O–H groups in total. The molecule has 2 atom stereocenters. The van der Waals surface area contributed by atoms with Gasteiger partial charge in [-0.25, -0.2) is 0 Å². The highest BCUT2D eigenvalue weighted by Crippen LogP contribution is 2.13. The Morgan fingerprint density at radius 2 is 2.33 bits per heavy atom. The van der Waals surface area contributed by atoms with Crippen molar-refractivity contribution in [3.05, 3.63) is 0 Å². The van der Waals surface area contributed by atoms with Gasteiger partial charge in [-0.2, -0.15) is 0 Å². The first-order valence-corrected chi connectivity index (χ1v) is 3.23. The minimum atomic E-state index is -0.229. The molecule has 2 unspecified atom stereocenters. The molecule has 1 fully saturated rings. The molecule has 0 spiro atoms. The molecule has 3 nitrogen and oxygen atoms in total. The highest BCUT2D eigenvalue weighted by molar-refractivity contribution is 6.04. The van der Waals surface area contributed by atoms with Gasteiger partial charge in [0.2, 0.25) is 0 Å². The van der Waals surface area contributed by atoms with Crippen molar-refractivity contribution in [2.24, 2.45) is 0 Å². The summed E-state index contributed by atoms with van der Waals surface area (Å²) in [5, 5.41) is 17.7. The van der Waals surface area contributed by atoms with Crippen LogP contribution < -0.4 is 0 Å². The molecule has 9 heavy (non-hydrogen) atoms. The fourth-order valence-electron chi connectivity index (χ4n) is 1.26. The normalized spacial score (nSPS) is 37.6. The van der Waals surface area contributed by atoms with Crippen LogP contribution in [0.15, 0.2) is 0 Å². The average molecular weight is 129 g/mol. The summed E-state index contributed by atoms with van der Waals surface area (Å²) >= 11 is 0. The predicted octanol–water partition coefficient (Wildman–Crippen LogP) is -2.04. The summed E-state index contributed by atoms with van der Waals surface area (Å²) in [7, 11) is 1.91. The third kappa shape index (κ3) is 1.44. The van der Waals surface area contributed by atoms with Crippen LogP contribution in [-0.2, 0) is 0 Å². The van der Waals surface area contributed by atoms with E-state index in [-0.39, 0.29) is 18.8 Å². The number of nitrogens with zero attached hydrogens (tertiary/aromatic N) is 1. The molecule has 0 aliphatic carbocycles. The molecule has 0 radical (unpaired) electrons. The Labute approximate surface area is 55.7 Å². The van der Waals surface area contributed by atoms with Crippen LogP contribution in [0.1, 0.15) is 6.42 Å². The van der Waals surface area contributed by atoms with Gasteiger partial charge in [-0.3, -0.25) is 0 Å². The van der Waals surface area contributed by atoms with Crippen molar-refractivity contribution in [1.29, 1.82) is 0 Å². The summed E-state index contributed by atoms with van der Waals surface area (Å²) in [6.45, 7) is 0.860. The van der Waals surface area contributed by atoms with Gasteiger partial charge in [0.05, 0.1) is 12.7 Å². The Morgan fingerprint density at radius 1 is 1.67 bits per heavy atom. The third-order valence-corrected chi connectivity index (χ3v) is 1.88.